The van der Waals surface area contributed by atoms with Gasteiger partial charge in [0, 0.05) is 5.88 Å². The van der Waals surface area contributed by atoms with Gasteiger partial charge >= 0.3 is 0 Å². The summed E-state index contributed by atoms with van der Waals surface area (Å²) in [7, 11) is 0. The van der Waals surface area contributed by atoms with Crippen LogP contribution in [0.3, 0.4) is 0 Å². The van der Waals surface area contributed by atoms with Gasteiger partial charge in [0.25, 0.3) is 0 Å². The predicted octanol–water partition coefficient (Wildman–Crippen LogP) is -0.949. The smallest absolute Gasteiger partial charge is 0.239 e. The number of amides is 1. The number of carbonyl (C=O) groups excluding carboxylic acids is 1. The van der Waals surface area contributed by atoms with Crippen LogP contribution in [0.2, 0.25) is 0 Å². The first kappa shape index (κ1) is 5.85. The van der Waals surface area contributed by atoms with Crippen LogP contribution in [0.5, 0.6) is 0 Å². The Morgan fingerprint density at radius 2 is 2.50 bits per heavy atom. The maximum atomic E-state index is 10.3. The fourth-order valence-electron chi connectivity index (χ4n) is 0.590. The van der Waals surface area contributed by atoms with Crippen LogP contribution in [0.4, 0.5) is 0 Å². The number of alkyl halides is 1. The van der Waals surface area contributed by atoms with Gasteiger partial charge in [0.05, 0.1) is 6.04 Å². The first-order valence-corrected chi connectivity index (χ1v) is 2.91. The lowest BCUT2D eigenvalue weighted by Crippen LogP contribution is -2.67. The summed E-state index contributed by atoms with van der Waals surface area (Å²) in [5.41, 5.74) is 5.28. The summed E-state index contributed by atoms with van der Waals surface area (Å²) in [6.07, 6.45) is 0. The van der Waals surface area contributed by atoms with Crippen molar-refractivity contribution in [1.29, 1.82) is 0 Å². The van der Waals surface area contributed by atoms with Gasteiger partial charge in [-0.25, -0.2) is 0 Å². The molecule has 0 aliphatic carbocycles. The Bertz CT molecular complexity index is 117. The molecule has 3 nitrogen and oxygen atoms in total. The molecule has 1 amide bonds. The SMILES string of the molecule is NC1C(=O)NC1CCl. The van der Waals surface area contributed by atoms with Crippen molar-refractivity contribution in [3.8, 4) is 0 Å². The highest BCUT2D eigenvalue weighted by Crippen LogP contribution is 2.03. The fraction of sp³-hybridized carbons (Fsp3) is 0.750. The van der Waals surface area contributed by atoms with E-state index in [1.165, 1.54) is 0 Å². The largest absolute Gasteiger partial charge is 0.349 e. The highest BCUT2D eigenvalue weighted by molar-refractivity contribution is 6.19. The first-order valence-electron chi connectivity index (χ1n) is 2.37. The van der Waals surface area contributed by atoms with Crippen molar-refractivity contribution < 1.29 is 4.79 Å². The van der Waals surface area contributed by atoms with Crippen LogP contribution in [0.25, 0.3) is 0 Å². The molecule has 2 unspecified atom stereocenters. The van der Waals surface area contributed by atoms with Crippen molar-refractivity contribution in [2.24, 2.45) is 5.73 Å². The summed E-state index contributed by atoms with van der Waals surface area (Å²) in [5.74, 6) is 0.308. The standard InChI is InChI=1S/C4H7ClN2O/c5-1-2-3(6)4(8)7-2/h2-3H,1,6H2,(H,7,8). The van der Waals surface area contributed by atoms with Crippen molar-refractivity contribution in [3.63, 3.8) is 0 Å². The third-order valence-corrected chi connectivity index (χ3v) is 1.56. The number of halogens is 1. The van der Waals surface area contributed by atoms with Crippen LogP contribution < -0.4 is 11.1 Å². The van der Waals surface area contributed by atoms with Gasteiger partial charge < -0.3 is 11.1 Å². The van der Waals surface area contributed by atoms with Crippen LogP contribution in [-0.4, -0.2) is 23.9 Å². The summed E-state index contributed by atoms with van der Waals surface area (Å²) in [4.78, 5) is 10.3. The average molecular weight is 135 g/mol. The third kappa shape index (κ3) is 0.677. The molecule has 1 aliphatic heterocycles. The minimum atomic E-state index is -0.368. The molecule has 46 valence electrons. The summed E-state index contributed by atoms with van der Waals surface area (Å²) in [5, 5.41) is 2.55. The summed E-state index contributed by atoms with van der Waals surface area (Å²) in [6.45, 7) is 0. The van der Waals surface area contributed by atoms with Gasteiger partial charge in [0.2, 0.25) is 5.91 Å². The molecule has 0 radical (unpaired) electrons. The van der Waals surface area contributed by atoms with E-state index in [2.05, 4.69) is 5.32 Å². The quantitative estimate of drug-likeness (QED) is 0.359. The van der Waals surface area contributed by atoms with Crippen molar-refractivity contribution in [2.45, 2.75) is 12.1 Å². The zero-order valence-electron chi connectivity index (χ0n) is 4.23. The van der Waals surface area contributed by atoms with E-state index >= 15 is 0 Å². The third-order valence-electron chi connectivity index (χ3n) is 1.23. The minimum Gasteiger partial charge on any atom is -0.349 e. The van der Waals surface area contributed by atoms with Crippen molar-refractivity contribution in [3.05, 3.63) is 0 Å². The maximum absolute atomic E-state index is 10.3. The number of rotatable bonds is 1. The molecule has 8 heavy (non-hydrogen) atoms. The topological polar surface area (TPSA) is 55.1 Å². The molecule has 3 N–H and O–H groups in total. The average Bonchev–Trinajstić information content (AvgIpc) is 1.81. The van der Waals surface area contributed by atoms with Gasteiger partial charge in [-0.3, -0.25) is 4.79 Å². The molecular formula is C4H7ClN2O. The molecule has 4 heteroatoms. The zero-order chi connectivity index (χ0) is 6.15. The van der Waals surface area contributed by atoms with Gasteiger partial charge in [-0.2, -0.15) is 0 Å². The van der Waals surface area contributed by atoms with Gasteiger partial charge in [0.1, 0.15) is 6.04 Å². The molecule has 1 fully saturated rings. The molecular weight excluding hydrogens is 128 g/mol. The molecule has 1 rings (SSSR count). The van der Waals surface area contributed by atoms with E-state index in [-0.39, 0.29) is 18.0 Å². The molecule has 1 aliphatic rings. The van der Waals surface area contributed by atoms with E-state index in [1.54, 1.807) is 0 Å². The Morgan fingerprint density at radius 3 is 2.62 bits per heavy atom. The second kappa shape index (κ2) is 1.91. The Labute approximate surface area is 52.2 Å². The maximum Gasteiger partial charge on any atom is 0.239 e. The number of carbonyl (C=O) groups is 1. The summed E-state index contributed by atoms with van der Waals surface area (Å²) >= 11 is 5.37. The van der Waals surface area contributed by atoms with Gasteiger partial charge in [-0.05, 0) is 0 Å². The van der Waals surface area contributed by atoms with Crippen LogP contribution >= 0.6 is 11.6 Å². The molecule has 1 saturated heterocycles. The Hall–Kier alpha value is -0.280. The van der Waals surface area contributed by atoms with Crippen LogP contribution in [-0.2, 0) is 4.79 Å². The van der Waals surface area contributed by atoms with E-state index < -0.39 is 0 Å². The second-order valence-electron chi connectivity index (χ2n) is 1.80. The lowest BCUT2D eigenvalue weighted by Gasteiger charge is -2.31. The first-order chi connectivity index (χ1) is 3.75. The summed E-state index contributed by atoms with van der Waals surface area (Å²) in [6, 6.07) is -0.364. The van der Waals surface area contributed by atoms with Gasteiger partial charge in [0.15, 0.2) is 0 Å². The highest BCUT2D eigenvalue weighted by atomic mass is 35.5. The fourth-order valence-corrected chi connectivity index (χ4v) is 0.859. The normalized spacial score (nSPS) is 36.0. The summed E-state index contributed by atoms with van der Waals surface area (Å²) < 4.78 is 0. The van der Waals surface area contributed by atoms with E-state index in [0.29, 0.717) is 5.88 Å². The Morgan fingerprint density at radius 1 is 1.88 bits per heavy atom. The van der Waals surface area contributed by atoms with Crippen LogP contribution in [0.1, 0.15) is 0 Å². The zero-order valence-corrected chi connectivity index (χ0v) is 4.98. The molecule has 0 aromatic carbocycles. The lowest BCUT2D eigenvalue weighted by atomic mass is 10.0. The van der Waals surface area contributed by atoms with Crippen molar-refractivity contribution >= 4 is 17.5 Å². The molecule has 0 aromatic heterocycles. The van der Waals surface area contributed by atoms with Crippen molar-refractivity contribution in [2.75, 3.05) is 5.88 Å². The molecule has 0 bridgehead atoms. The van der Waals surface area contributed by atoms with Crippen LogP contribution in [0.15, 0.2) is 0 Å². The number of nitrogens with one attached hydrogen (secondary N) is 1. The molecule has 0 aromatic rings. The number of nitrogens with two attached hydrogens (primary N) is 1. The van der Waals surface area contributed by atoms with E-state index in [0.717, 1.165) is 0 Å². The molecule has 0 saturated carbocycles. The number of hydrogen-bond acceptors (Lipinski definition) is 2. The molecule has 2 atom stereocenters. The molecule has 1 heterocycles. The minimum absolute atomic E-state index is 0.00386. The van der Waals surface area contributed by atoms with E-state index in [1.807, 2.05) is 0 Å². The number of hydrogen-bond donors (Lipinski definition) is 2. The Balaban J connectivity index is 2.35. The Kier molecular flexibility index (Phi) is 1.40. The van der Waals surface area contributed by atoms with Gasteiger partial charge in [-0.15, -0.1) is 11.6 Å². The van der Waals surface area contributed by atoms with E-state index in [4.69, 9.17) is 17.3 Å². The monoisotopic (exact) mass is 134 g/mol. The number of β-lactam (4-membered cyclic amide) rings is 1. The van der Waals surface area contributed by atoms with E-state index in [9.17, 15) is 4.79 Å². The second-order valence-corrected chi connectivity index (χ2v) is 2.10. The lowest BCUT2D eigenvalue weighted by molar-refractivity contribution is -0.129. The van der Waals surface area contributed by atoms with Gasteiger partial charge in [-0.1, -0.05) is 0 Å². The predicted molar refractivity (Wildman–Crippen MR) is 30.6 cm³/mol. The van der Waals surface area contributed by atoms with Crippen LogP contribution in [0, 0.1) is 0 Å². The molecule has 0 spiro atoms. The highest BCUT2D eigenvalue weighted by Gasteiger charge is 2.34. The van der Waals surface area contributed by atoms with Crippen molar-refractivity contribution in [1.82, 2.24) is 5.32 Å².